The lowest BCUT2D eigenvalue weighted by Gasteiger charge is -2.48. The summed E-state index contributed by atoms with van der Waals surface area (Å²) in [5.41, 5.74) is 2.53. The lowest BCUT2D eigenvalue weighted by molar-refractivity contribution is -0.126. The molecule has 190 valence electrons. The van der Waals surface area contributed by atoms with Gasteiger partial charge in [0.05, 0.1) is 46.1 Å². The summed E-state index contributed by atoms with van der Waals surface area (Å²) in [6.45, 7) is 1.18. The van der Waals surface area contributed by atoms with Crippen LogP contribution in [-0.2, 0) is 4.79 Å². The molecule has 1 fully saturated rings. The highest BCUT2D eigenvalue weighted by Crippen LogP contribution is 2.52. The Hall–Kier alpha value is -3.91. The molecule has 3 aromatic rings. The molecule has 1 N–H and O–H groups in total. The van der Waals surface area contributed by atoms with Gasteiger partial charge in [-0.2, -0.15) is 0 Å². The van der Waals surface area contributed by atoms with Gasteiger partial charge in [0.25, 0.3) is 0 Å². The second-order valence-corrected chi connectivity index (χ2v) is 8.29. The van der Waals surface area contributed by atoms with Crippen molar-refractivity contribution in [2.45, 2.75) is 12.0 Å². The molecule has 0 aliphatic carbocycles. The van der Waals surface area contributed by atoms with E-state index in [9.17, 15) is 4.79 Å². The second-order valence-electron chi connectivity index (χ2n) is 8.29. The van der Waals surface area contributed by atoms with E-state index < -0.39 is 0 Å². The smallest absolute Gasteiger partial charge is 0.237 e. The normalized spacial score (nSPS) is 16.8. The molecular weight excluding hydrogens is 460 g/mol. The first-order valence-corrected chi connectivity index (χ1v) is 11.7. The van der Waals surface area contributed by atoms with E-state index in [4.69, 9.17) is 23.7 Å². The number of anilines is 1. The topological polar surface area (TPSA) is 78.5 Å². The Morgan fingerprint density at radius 3 is 2.03 bits per heavy atom. The zero-order chi connectivity index (χ0) is 25.7. The molecule has 0 spiro atoms. The van der Waals surface area contributed by atoms with Crippen LogP contribution in [0.2, 0.25) is 0 Å². The van der Waals surface area contributed by atoms with Gasteiger partial charge in [0.1, 0.15) is 6.61 Å². The number of amides is 1. The van der Waals surface area contributed by atoms with E-state index in [0.29, 0.717) is 47.6 Å². The van der Waals surface area contributed by atoms with Gasteiger partial charge in [-0.15, -0.1) is 0 Å². The number of hydrogen-bond acceptors (Lipinski definition) is 7. The molecule has 8 heteroatoms. The van der Waals surface area contributed by atoms with Crippen LogP contribution < -0.4 is 33.9 Å². The van der Waals surface area contributed by atoms with Crippen molar-refractivity contribution in [3.05, 3.63) is 71.8 Å². The van der Waals surface area contributed by atoms with Crippen molar-refractivity contribution < 1.29 is 28.5 Å². The zero-order valence-electron chi connectivity index (χ0n) is 21.2. The Morgan fingerprint density at radius 2 is 1.44 bits per heavy atom. The molecule has 8 nitrogen and oxygen atoms in total. The predicted octanol–water partition coefficient (Wildman–Crippen LogP) is 4.19. The predicted molar refractivity (Wildman–Crippen MR) is 138 cm³/mol. The maximum absolute atomic E-state index is 13.7. The fraction of sp³-hybridized carbons (Fsp3) is 0.321. The number of β-lactam (4-membered cyclic amide) rings is 1. The van der Waals surface area contributed by atoms with Crippen LogP contribution in [0.3, 0.4) is 0 Å². The fourth-order valence-corrected chi connectivity index (χ4v) is 4.56. The first kappa shape index (κ1) is 25.2. The van der Waals surface area contributed by atoms with Crippen molar-refractivity contribution in [2.75, 3.05) is 53.5 Å². The third-order valence-electron chi connectivity index (χ3n) is 6.32. The standard InChI is InChI=1S/C28H32N2O6/c1-29-13-14-36-22-15-19(11-12-21(22)32-2)26-25(18-9-7-6-8-10-18)28(31)30(26)20-16-23(33-3)27(35-5)24(17-20)34-4/h6-12,15-17,25-26,29H,13-14H2,1-5H3/t25-,26-/m0/s1. The molecule has 0 saturated carbocycles. The minimum atomic E-state index is -0.358. The summed E-state index contributed by atoms with van der Waals surface area (Å²) in [5, 5.41) is 3.08. The maximum atomic E-state index is 13.7. The Bertz CT molecular complexity index is 1170. The molecule has 1 amide bonds. The summed E-state index contributed by atoms with van der Waals surface area (Å²) in [6, 6.07) is 18.9. The highest BCUT2D eigenvalue weighted by molar-refractivity contribution is 6.07. The summed E-state index contributed by atoms with van der Waals surface area (Å²) in [5.74, 6) is 2.31. The zero-order valence-corrected chi connectivity index (χ0v) is 21.2. The largest absolute Gasteiger partial charge is 0.493 e. The van der Waals surface area contributed by atoms with Gasteiger partial charge >= 0.3 is 0 Å². The molecule has 2 atom stereocenters. The van der Waals surface area contributed by atoms with Crippen molar-refractivity contribution in [2.24, 2.45) is 0 Å². The second kappa shape index (κ2) is 11.2. The van der Waals surface area contributed by atoms with Crippen LogP contribution in [-0.4, -0.2) is 54.5 Å². The molecule has 1 aliphatic rings. The van der Waals surface area contributed by atoms with E-state index in [1.54, 1.807) is 45.5 Å². The van der Waals surface area contributed by atoms with Gasteiger partial charge in [0.2, 0.25) is 11.7 Å². The molecule has 1 heterocycles. The van der Waals surface area contributed by atoms with Crippen LogP contribution in [0.1, 0.15) is 23.1 Å². The van der Waals surface area contributed by atoms with Gasteiger partial charge in [-0.05, 0) is 30.3 Å². The van der Waals surface area contributed by atoms with Crippen LogP contribution in [0.4, 0.5) is 5.69 Å². The van der Waals surface area contributed by atoms with Gasteiger partial charge < -0.3 is 33.9 Å². The Balaban J connectivity index is 1.81. The van der Waals surface area contributed by atoms with E-state index in [-0.39, 0.29) is 17.9 Å². The van der Waals surface area contributed by atoms with Crippen molar-refractivity contribution in [3.63, 3.8) is 0 Å². The molecular formula is C28H32N2O6. The molecule has 3 aromatic carbocycles. The number of likely N-dealkylation sites (N-methyl/N-ethyl adjacent to an activating group) is 1. The number of nitrogens with zero attached hydrogens (tertiary/aromatic N) is 1. The monoisotopic (exact) mass is 492 g/mol. The van der Waals surface area contributed by atoms with Crippen molar-refractivity contribution >= 4 is 11.6 Å². The summed E-state index contributed by atoms with van der Waals surface area (Å²) in [7, 11) is 8.15. The van der Waals surface area contributed by atoms with Crippen LogP contribution in [0.5, 0.6) is 28.7 Å². The van der Waals surface area contributed by atoms with Gasteiger partial charge in [-0.3, -0.25) is 4.79 Å². The summed E-state index contributed by atoms with van der Waals surface area (Å²) >= 11 is 0. The molecule has 4 rings (SSSR count). The highest BCUT2D eigenvalue weighted by atomic mass is 16.5. The Morgan fingerprint density at radius 1 is 0.778 bits per heavy atom. The van der Waals surface area contributed by atoms with Gasteiger partial charge in [-0.25, -0.2) is 0 Å². The number of carbonyl (C=O) groups excluding carboxylic acids is 1. The van der Waals surface area contributed by atoms with E-state index in [2.05, 4.69) is 5.32 Å². The minimum absolute atomic E-state index is 0.0195. The molecule has 1 saturated heterocycles. The van der Waals surface area contributed by atoms with Gasteiger partial charge in [-0.1, -0.05) is 36.4 Å². The third-order valence-corrected chi connectivity index (χ3v) is 6.32. The summed E-state index contributed by atoms with van der Waals surface area (Å²) < 4.78 is 28.1. The SMILES string of the molecule is CNCCOc1cc([C@H]2[C@H](c3ccccc3)C(=O)N2c2cc(OC)c(OC)c(OC)c2)ccc1OC. The van der Waals surface area contributed by atoms with Gasteiger partial charge in [0, 0.05) is 18.7 Å². The number of rotatable bonds is 11. The van der Waals surface area contributed by atoms with E-state index in [1.807, 2.05) is 55.6 Å². The van der Waals surface area contributed by atoms with Crippen molar-refractivity contribution in [1.29, 1.82) is 0 Å². The van der Waals surface area contributed by atoms with E-state index >= 15 is 0 Å². The molecule has 0 bridgehead atoms. The summed E-state index contributed by atoms with van der Waals surface area (Å²) in [4.78, 5) is 15.4. The number of hydrogen-bond donors (Lipinski definition) is 1. The van der Waals surface area contributed by atoms with Crippen LogP contribution in [0.15, 0.2) is 60.7 Å². The maximum Gasteiger partial charge on any atom is 0.237 e. The van der Waals surface area contributed by atoms with Crippen LogP contribution in [0, 0.1) is 0 Å². The van der Waals surface area contributed by atoms with Crippen LogP contribution >= 0.6 is 0 Å². The number of carbonyl (C=O) groups is 1. The molecule has 0 aromatic heterocycles. The van der Waals surface area contributed by atoms with Crippen molar-refractivity contribution in [1.82, 2.24) is 5.32 Å². The van der Waals surface area contributed by atoms with Gasteiger partial charge in [0.15, 0.2) is 23.0 Å². The van der Waals surface area contributed by atoms with E-state index in [1.165, 1.54) is 0 Å². The Labute approximate surface area is 211 Å². The molecule has 0 unspecified atom stereocenters. The van der Waals surface area contributed by atoms with Crippen LogP contribution in [0.25, 0.3) is 0 Å². The highest BCUT2D eigenvalue weighted by Gasteiger charge is 2.50. The van der Waals surface area contributed by atoms with Crippen molar-refractivity contribution in [3.8, 4) is 28.7 Å². The minimum Gasteiger partial charge on any atom is -0.493 e. The number of methoxy groups -OCH3 is 4. The first-order valence-electron chi connectivity index (χ1n) is 11.7. The number of nitrogens with one attached hydrogen (secondary N) is 1. The average molecular weight is 493 g/mol. The molecule has 0 radical (unpaired) electrons. The lowest BCUT2D eigenvalue weighted by Crippen LogP contribution is -2.53. The average Bonchev–Trinajstić information content (AvgIpc) is 2.91. The molecule has 1 aliphatic heterocycles. The fourth-order valence-electron chi connectivity index (χ4n) is 4.56. The quantitative estimate of drug-likeness (QED) is 0.318. The third kappa shape index (κ3) is 4.64. The lowest BCUT2D eigenvalue weighted by atomic mass is 9.77. The van der Waals surface area contributed by atoms with E-state index in [0.717, 1.165) is 11.1 Å². The summed E-state index contributed by atoms with van der Waals surface area (Å²) in [6.07, 6.45) is 0. The number of ether oxygens (including phenoxy) is 5. The molecule has 36 heavy (non-hydrogen) atoms. The number of benzene rings is 3. The first-order chi connectivity index (χ1) is 17.6. The Kier molecular flexibility index (Phi) is 7.85.